The topological polar surface area (TPSA) is 63.5 Å². The predicted molar refractivity (Wildman–Crippen MR) is 97.7 cm³/mol. The molecule has 5 nitrogen and oxygen atoms in total. The number of methoxy groups -OCH3 is 1. The maximum atomic E-state index is 12.3. The molecule has 2 aromatic carbocycles. The van der Waals surface area contributed by atoms with Gasteiger partial charge in [0.1, 0.15) is 17.1 Å². The first-order valence-electron chi connectivity index (χ1n) is 8.27. The van der Waals surface area contributed by atoms with Crippen LogP contribution in [0, 0.1) is 0 Å². The molecule has 0 fully saturated rings. The number of para-hydroxylation sites is 2. The van der Waals surface area contributed by atoms with E-state index in [-0.39, 0.29) is 18.1 Å². The summed E-state index contributed by atoms with van der Waals surface area (Å²) in [6.07, 6.45) is 0. The Bertz CT molecular complexity index is 839. The number of fused-ring (bicyclic) bond motifs is 1. The summed E-state index contributed by atoms with van der Waals surface area (Å²) in [5.41, 5.74) is 1.74. The molecule has 1 aromatic heterocycles. The van der Waals surface area contributed by atoms with E-state index in [1.807, 2.05) is 68.4 Å². The zero-order valence-corrected chi connectivity index (χ0v) is 14.6. The van der Waals surface area contributed by atoms with E-state index in [9.17, 15) is 4.79 Å². The molecule has 25 heavy (non-hydrogen) atoms. The number of nitrogens with one attached hydrogen (secondary N) is 2. The normalized spacial score (nSPS) is 13.2. The number of hydrogen-bond acceptors (Lipinski definition) is 3. The van der Waals surface area contributed by atoms with E-state index in [1.165, 1.54) is 0 Å². The second-order valence-corrected chi connectivity index (χ2v) is 5.99. The molecule has 0 saturated heterocycles. The molecule has 2 N–H and O–H groups in total. The number of hydrogen-bond donors (Lipinski definition) is 2. The van der Waals surface area contributed by atoms with Crippen LogP contribution in [0.25, 0.3) is 11.0 Å². The first-order valence-corrected chi connectivity index (χ1v) is 8.27. The van der Waals surface area contributed by atoms with Gasteiger partial charge in [0.2, 0.25) is 0 Å². The van der Waals surface area contributed by atoms with Crippen LogP contribution in [0.1, 0.15) is 37.3 Å². The highest BCUT2D eigenvalue weighted by molar-refractivity contribution is 5.78. The number of amides is 2. The number of furan rings is 1. The van der Waals surface area contributed by atoms with Gasteiger partial charge in [-0.05, 0) is 32.0 Å². The van der Waals surface area contributed by atoms with E-state index in [0.29, 0.717) is 0 Å². The standard InChI is InChI=1S/C20H22N2O3/c1-13(16-9-5-7-11-18(16)24-3)21-20(23)22-14(2)19-12-15-8-4-6-10-17(15)25-19/h4-14H,1-3H3,(H2,21,22,23). The van der Waals surface area contributed by atoms with Crippen LogP contribution in [0.3, 0.4) is 0 Å². The highest BCUT2D eigenvalue weighted by atomic mass is 16.5. The Hall–Kier alpha value is -2.95. The van der Waals surface area contributed by atoms with Crippen molar-refractivity contribution in [2.24, 2.45) is 0 Å². The monoisotopic (exact) mass is 338 g/mol. The van der Waals surface area contributed by atoms with Crippen LogP contribution in [-0.4, -0.2) is 13.1 Å². The van der Waals surface area contributed by atoms with Crippen LogP contribution in [0.2, 0.25) is 0 Å². The minimum absolute atomic E-state index is 0.181. The van der Waals surface area contributed by atoms with E-state index in [1.54, 1.807) is 7.11 Å². The lowest BCUT2D eigenvalue weighted by Crippen LogP contribution is -2.38. The van der Waals surface area contributed by atoms with Crippen molar-refractivity contribution in [1.29, 1.82) is 0 Å². The van der Waals surface area contributed by atoms with Crippen molar-refractivity contribution in [3.8, 4) is 5.75 Å². The van der Waals surface area contributed by atoms with Gasteiger partial charge < -0.3 is 19.8 Å². The molecule has 3 rings (SSSR count). The number of carbonyl (C=O) groups excluding carboxylic acids is 1. The summed E-state index contributed by atoms with van der Waals surface area (Å²) in [4.78, 5) is 12.3. The van der Waals surface area contributed by atoms with Gasteiger partial charge in [0.15, 0.2) is 0 Å². The molecule has 2 atom stereocenters. The second kappa shape index (κ2) is 7.30. The zero-order valence-electron chi connectivity index (χ0n) is 14.6. The number of urea groups is 1. The van der Waals surface area contributed by atoms with E-state index >= 15 is 0 Å². The zero-order chi connectivity index (χ0) is 17.8. The van der Waals surface area contributed by atoms with Crippen LogP contribution in [0.4, 0.5) is 4.79 Å². The third-order valence-electron chi connectivity index (χ3n) is 4.17. The summed E-state index contributed by atoms with van der Waals surface area (Å²) in [7, 11) is 1.62. The Morgan fingerprint density at radius 2 is 1.68 bits per heavy atom. The summed E-state index contributed by atoms with van der Waals surface area (Å²) >= 11 is 0. The fourth-order valence-electron chi connectivity index (χ4n) is 2.82. The highest BCUT2D eigenvalue weighted by Crippen LogP contribution is 2.25. The molecule has 0 aliphatic heterocycles. The molecule has 0 aliphatic carbocycles. The first-order chi connectivity index (χ1) is 12.1. The van der Waals surface area contributed by atoms with Crippen LogP contribution in [-0.2, 0) is 0 Å². The largest absolute Gasteiger partial charge is 0.496 e. The van der Waals surface area contributed by atoms with Crippen molar-refractivity contribution in [2.45, 2.75) is 25.9 Å². The van der Waals surface area contributed by atoms with Gasteiger partial charge in [-0.2, -0.15) is 0 Å². The highest BCUT2D eigenvalue weighted by Gasteiger charge is 2.17. The minimum atomic E-state index is -0.258. The Labute approximate surface area is 147 Å². The number of carbonyl (C=O) groups is 1. The number of benzene rings is 2. The predicted octanol–water partition coefficient (Wildman–Crippen LogP) is 4.56. The number of rotatable bonds is 5. The molecule has 1 heterocycles. The molecular formula is C20H22N2O3. The van der Waals surface area contributed by atoms with Crippen molar-refractivity contribution in [3.05, 3.63) is 65.9 Å². The molecule has 0 bridgehead atoms. The Kier molecular flexibility index (Phi) is 4.93. The van der Waals surface area contributed by atoms with Gasteiger partial charge in [-0.1, -0.05) is 36.4 Å². The summed E-state index contributed by atoms with van der Waals surface area (Å²) in [5.74, 6) is 1.47. The molecule has 0 radical (unpaired) electrons. The van der Waals surface area contributed by atoms with Gasteiger partial charge in [0.05, 0.1) is 19.2 Å². The van der Waals surface area contributed by atoms with E-state index in [2.05, 4.69) is 10.6 Å². The minimum Gasteiger partial charge on any atom is -0.496 e. The Balaban J connectivity index is 1.65. The summed E-state index contributed by atoms with van der Waals surface area (Å²) < 4.78 is 11.1. The van der Waals surface area contributed by atoms with Crippen LogP contribution >= 0.6 is 0 Å². The van der Waals surface area contributed by atoms with Gasteiger partial charge >= 0.3 is 6.03 Å². The Morgan fingerprint density at radius 1 is 1.00 bits per heavy atom. The van der Waals surface area contributed by atoms with E-state index in [4.69, 9.17) is 9.15 Å². The van der Waals surface area contributed by atoms with Gasteiger partial charge in [-0.25, -0.2) is 4.79 Å². The molecule has 130 valence electrons. The fourth-order valence-corrected chi connectivity index (χ4v) is 2.82. The summed E-state index contributed by atoms with van der Waals surface area (Å²) in [6.45, 7) is 3.81. The van der Waals surface area contributed by atoms with Crippen LogP contribution in [0.15, 0.2) is 59.0 Å². The van der Waals surface area contributed by atoms with Crippen molar-refractivity contribution in [2.75, 3.05) is 7.11 Å². The maximum absolute atomic E-state index is 12.3. The fraction of sp³-hybridized carbons (Fsp3) is 0.250. The van der Waals surface area contributed by atoms with Crippen molar-refractivity contribution < 1.29 is 13.9 Å². The maximum Gasteiger partial charge on any atom is 0.315 e. The van der Waals surface area contributed by atoms with Crippen LogP contribution in [0.5, 0.6) is 5.75 Å². The van der Waals surface area contributed by atoms with E-state index in [0.717, 1.165) is 28.0 Å². The summed E-state index contributed by atoms with van der Waals surface area (Å²) in [6, 6.07) is 16.7. The van der Waals surface area contributed by atoms with Crippen LogP contribution < -0.4 is 15.4 Å². The molecular weight excluding hydrogens is 316 g/mol. The Morgan fingerprint density at radius 3 is 2.44 bits per heavy atom. The SMILES string of the molecule is COc1ccccc1C(C)NC(=O)NC(C)c1cc2ccccc2o1. The van der Waals surface area contributed by atoms with Crippen molar-refractivity contribution in [3.63, 3.8) is 0 Å². The lowest BCUT2D eigenvalue weighted by Gasteiger charge is -2.19. The first kappa shape index (κ1) is 16.9. The smallest absolute Gasteiger partial charge is 0.315 e. The van der Waals surface area contributed by atoms with E-state index < -0.39 is 0 Å². The molecule has 0 spiro atoms. The molecule has 5 heteroatoms. The van der Waals surface area contributed by atoms with Crippen molar-refractivity contribution >= 4 is 17.0 Å². The molecule has 0 saturated carbocycles. The molecule has 2 unspecified atom stereocenters. The average molecular weight is 338 g/mol. The quantitative estimate of drug-likeness (QED) is 0.716. The lowest BCUT2D eigenvalue weighted by atomic mass is 10.1. The summed E-state index contributed by atoms with van der Waals surface area (Å²) in [5, 5.41) is 6.87. The van der Waals surface area contributed by atoms with Gasteiger partial charge in [-0.15, -0.1) is 0 Å². The second-order valence-electron chi connectivity index (χ2n) is 5.99. The van der Waals surface area contributed by atoms with Crippen molar-refractivity contribution in [1.82, 2.24) is 10.6 Å². The average Bonchev–Trinajstić information content (AvgIpc) is 3.05. The third kappa shape index (κ3) is 3.76. The molecule has 3 aromatic rings. The molecule has 0 aliphatic rings. The van der Waals surface area contributed by atoms with Gasteiger partial charge in [0, 0.05) is 10.9 Å². The van der Waals surface area contributed by atoms with Gasteiger partial charge in [0.25, 0.3) is 0 Å². The lowest BCUT2D eigenvalue weighted by molar-refractivity contribution is 0.233. The molecule has 2 amide bonds. The number of ether oxygens (including phenoxy) is 1. The van der Waals surface area contributed by atoms with Gasteiger partial charge in [-0.3, -0.25) is 0 Å². The third-order valence-corrected chi connectivity index (χ3v) is 4.17.